The molecule has 0 aliphatic rings. The first-order valence-corrected chi connectivity index (χ1v) is 3.31. The molecule has 0 atom stereocenters. The van der Waals surface area contributed by atoms with Crippen LogP contribution in [0.25, 0.3) is 0 Å². The SMILES string of the molecule is C=O.CNc1cccs1. The Morgan fingerprint density at radius 2 is 2.33 bits per heavy atom. The molecule has 1 heterocycles. The predicted octanol–water partition coefficient (Wildman–Crippen LogP) is 1.60. The monoisotopic (exact) mass is 143 g/mol. The van der Waals surface area contributed by atoms with Crippen molar-refractivity contribution in [3.05, 3.63) is 17.5 Å². The van der Waals surface area contributed by atoms with Crippen LogP contribution >= 0.6 is 11.3 Å². The first kappa shape index (κ1) is 8.17. The van der Waals surface area contributed by atoms with Gasteiger partial charge < -0.3 is 10.1 Å². The average molecular weight is 143 g/mol. The van der Waals surface area contributed by atoms with Gasteiger partial charge in [-0.3, -0.25) is 0 Å². The third kappa shape index (κ3) is 2.87. The summed E-state index contributed by atoms with van der Waals surface area (Å²) in [6.07, 6.45) is 0. The van der Waals surface area contributed by atoms with E-state index in [0.29, 0.717) is 0 Å². The Hall–Kier alpha value is -0.830. The molecular formula is C6H9NOS. The Morgan fingerprint density at radius 1 is 1.67 bits per heavy atom. The highest BCUT2D eigenvalue weighted by molar-refractivity contribution is 7.14. The maximum Gasteiger partial charge on any atom is 0.106 e. The summed E-state index contributed by atoms with van der Waals surface area (Å²) in [5.41, 5.74) is 0. The molecule has 1 aromatic rings. The smallest absolute Gasteiger partial charge is 0.106 e. The van der Waals surface area contributed by atoms with E-state index >= 15 is 0 Å². The van der Waals surface area contributed by atoms with Crippen LogP contribution in [0.2, 0.25) is 0 Å². The van der Waals surface area contributed by atoms with E-state index in [1.54, 1.807) is 11.3 Å². The van der Waals surface area contributed by atoms with E-state index in [4.69, 9.17) is 4.79 Å². The predicted molar refractivity (Wildman–Crippen MR) is 41.0 cm³/mol. The van der Waals surface area contributed by atoms with Crippen LogP contribution in [0.15, 0.2) is 17.5 Å². The fourth-order valence-corrected chi connectivity index (χ4v) is 1.000. The molecule has 0 saturated heterocycles. The van der Waals surface area contributed by atoms with Crippen molar-refractivity contribution in [1.29, 1.82) is 0 Å². The number of anilines is 1. The zero-order valence-corrected chi connectivity index (χ0v) is 6.07. The number of carbonyl (C=O) groups excluding carboxylic acids is 1. The van der Waals surface area contributed by atoms with E-state index in [9.17, 15) is 0 Å². The normalized spacial score (nSPS) is 7.22. The molecule has 0 aliphatic carbocycles. The highest BCUT2D eigenvalue weighted by atomic mass is 32.1. The van der Waals surface area contributed by atoms with Gasteiger partial charge in [0, 0.05) is 7.05 Å². The minimum atomic E-state index is 1.22. The van der Waals surface area contributed by atoms with Gasteiger partial charge in [-0.05, 0) is 17.5 Å². The van der Waals surface area contributed by atoms with Crippen LogP contribution in [-0.4, -0.2) is 13.8 Å². The minimum absolute atomic E-state index is 1.22. The Morgan fingerprint density at radius 3 is 2.56 bits per heavy atom. The minimum Gasteiger partial charge on any atom is -0.380 e. The maximum absolute atomic E-state index is 8.00. The molecule has 3 heteroatoms. The second kappa shape index (κ2) is 5.31. The molecule has 50 valence electrons. The first-order valence-electron chi connectivity index (χ1n) is 2.43. The van der Waals surface area contributed by atoms with Crippen molar-refractivity contribution < 1.29 is 4.79 Å². The number of thiophene rings is 1. The van der Waals surface area contributed by atoms with Crippen LogP contribution in [0.3, 0.4) is 0 Å². The second-order valence-corrected chi connectivity index (χ2v) is 2.17. The lowest BCUT2D eigenvalue weighted by Crippen LogP contribution is -1.79. The first-order chi connectivity index (χ1) is 4.43. The number of carbonyl (C=O) groups is 1. The van der Waals surface area contributed by atoms with Crippen LogP contribution in [0.1, 0.15) is 0 Å². The zero-order chi connectivity index (χ0) is 7.11. The number of nitrogens with one attached hydrogen (secondary N) is 1. The lowest BCUT2D eigenvalue weighted by atomic mass is 10.6. The van der Waals surface area contributed by atoms with Gasteiger partial charge in [0.2, 0.25) is 0 Å². The molecule has 0 saturated carbocycles. The molecule has 2 nitrogen and oxygen atoms in total. The van der Waals surface area contributed by atoms with Crippen LogP contribution < -0.4 is 5.32 Å². The topological polar surface area (TPSA) is 29.1 Å². The summed E-state index contributed by atoms with van der Waals surface area (Å²) in [5.74, 6) is 0. The van der Waals surface area contributed by atoms with E-state index in [1.807, 2.05) is 31.3 Å². The van der Waals surface area contributed by atoms with E-state index in [0.717, 1.165) is 0 Å². The lowest BCUT2D eigenvalue weighted by Gasteiger charge is -1.85. The molecule has 9 heavy (non-hydrogen) atoms. The van der Waals surface area contributed by atoms with E-state index < -0.39 is 0 Å². The van der Waals surface area contributed by atoms with Gasteiger partial charge in [-0.2, -0.15) is 0 Å². The average Bonchev–Trinajstić information content (AvgIpc) is 2.43. The van der Waals surface area contributed by atoms with E-state index in [1.165, 1.54) is 5.00 Å². The summed E-state index contributed by atoms with van der Waals surface area (Å²) in [6.45, 7) is 2.00. The van der Waals surface area contributed by atoms with E-state index in [2.05, 4.69) is 5.32 Å². The molecule has 1 N–H and O–H groups in total. The Kier molecular flexibility index (Phi) is 4.82. The molecule has 0 bridgehead atoms. The van der Waals surface area contributed by atoms with Crippen molar-refractivity contribution in [3.8, 4) is 0 Å². The van der Waals surface area contributed by atoms with E-state index in [-0.39, 0.29) is 0 Å². The van der Waals surface area contributed by atoms with Gasteiger partial charge in [0.1, 0.15) is 6.79 Å². The van der Waals surface area contributed by atoms with Crippen molar-refractivity contribution >= 4 is 23.1 Å². The van der Waals surface area contributed by atoms with Crippen LogP contribution in [-0.2, 0) is 4.79 Å². The largest absolute Gasteiger partial charge is 0.380 e. The van der Waals surface area contributed by atoms with Gasteiger partial charge in [-0.25, -0.2) is 0 Å². The van der Waals surface area contributed by atoms with Crippen LogP contribution in [0.4, 0.5) is 5.00 Å². The molecule has 0 aliphatic heterocycles. The maximum atomic E-state index is 8.00. The third-order valence-electron chi connectivity index (χ3n) is 0.768. The number of hydrogen-bond donors (Lipinski definition) is 1. The second-order valence-electron chi connectivity index (χ2n) is 1.23. The summed E-state index contributed by atoms with van der Waals surface area (Å²) in [6, 6.07) is 4.07. The fourth-order valence-electron chi connectivity index (χ4n) is 0.421. The Labute approximate surface area is 58.5 Å². The van der Waals surface area contributed by atoms with Crippen LogP contribution in [0, 0.1) is 0 Å². The lowest BCUT2D eigenvalue weighted by molar-refractivity contribution is -0.0979. The number of hydrogen-bond acceptors (Lipinski definition) is 3. The molecule has 0 fully saturated rings. The van der Waals surface area contributed by atoms with Crippen molar-refractivity contribution in [1.82, 2.24) is 0 Å². The summed E-state index contributed by atoms with van der Waals surface area (Å²) >= 11 is 1.71. The van der Waals surface area contributed by atoms with Gasteiger partial charge in [-0.1, -0.05) is 0 Å². The quantitative estimate of drug-likeness (QED) is 0.647. The summed E-state index contributed by atoms with van der Waals surface area (Å²) in [5, 5.41) is 6.30. The summed E-state index contributed by atoms with van der Waals surface area (Å²) in [7, 11) is 1.92. The molecule has 0 amide bonds. The Balaban J connectivity index is 0.000000291. The molecule has 0 unspecified atom stereocenters. The van der Waals surface area contributed by atoms with Gasteiger partial charge in [0.25, 0.3) is 0 Å². The van der Waals surface area contributed by atoms with Crippen molar-refractivity contribution in [2.75, 3.05) is 12.4 Å². The standard InChI is InChI=1S/C5H7NS.CH2O/c1-6-5-3-2-4-7-5;1-2/h2-4,6H,1H3;1H2. The fraction of sp³-hybridized carbons (Fsp3) is 0.167. The van der Waals surface area contributed by atoms with Crippen molar-refractivity contribution in [2.45, 2.75) is 0 Å². The summed E-state index contributed by atoms with van der Waals surface area (Å²) < 4.78 is 0. The molecule has 1 aromatic heterocycles. The summed E-state index contributed by atoms with van der Waals surface area (Å²) in [4.78, 5) is 8.00. The molecule has 0 radical (unpaired) electrons. The molecule has 0 aromatic carbocycles. The van der Waals surface area contributed by atoms with Gasteiger partial charge in [0.15, 0.2) is 0 Å². The van der Waals surface area contributed by atoms with Crippen molar-refractivity contribution in [2.24, 2.45) is 0 Å². The zero-order valence-electron chi connectivity index (χ0n) is 5.26. The van der Waals surface area contributed by atoms with Crippen LogP contribution in [0.5, 0.6) is 0 Å². The molecular weight excluding hydrogens is 134 g/mol. The third-order valence-corrected chi connectivity index (χ3v) is 1.65. The Bertz CT molecular complexity index is 139. The highest BCUT2D eigenvalue weighted by Gasteiger charge is 1.80. The van der Waals surface area contributed by atoms with Gasteiger partial charge >= 0.3 is 0 Å². The highest BCUT2D eigenvalue weighted by Crippen LogP contribution is 2.12. The molecule has 0 spiro atoms. The number of rotatable bonds is 1. The van der Waals surface area contributed by atoms with Gasteiger partial charge in [0.05, 0.1) is 5.00 Å². The van der Waals surface area contributed by atoms with Gasteiger partial charge in [-0.15, -0.1) is 11.3 Å². The molecule has 1 rings (SSSR count). The van der Waals surface area contributed by atoms with Crippen molar-refractivity contribution in [3.63, 3.8) is 0 Å².